The standard InChI is InChI=1S/C11H10FNOS/c1-8(14)15-4-2-3-9-5-10(12)7-11(13)6-9/h5-7H,4,13H2,1H3. The highest BCUT2D eigenvalue weighted by Gasteiger charge is 1.95. The fourth-order valence-electron chi connectivity index (χ4n) is 0.960. The zero-order chi connectivity index (χ0) is 11.3. The summed E-state index contributed by atoms with van der Waals surface area (Å²) in [7, 11) is 0. The number of nitrogens with two attached hydrogens (primary N) is 1. The van der Waals surface area contributed by atoms with Crippen LogP contribution < -0.4 is 5.73 Å². The molecule has 0 saturated carbocycles. The topological polar surface area (TPSA) is 43.1 Å². The molecule has 0 fully saturated rings. The molecule has 2 N–H and O–H groups in total. The Bertz CT molecular complexity index is 414. The van der Waals surface area contributed by atoms with Crippen LogP contribution in [0.3, 0.4) is 0 Å². The van der Waals surface area contributed by atoms with Crippen LogP contribution in [-0.4, -0.2) is 10.9 Å². The monoisotopic (exact) mass is 223 g/mol. The van der Waals surface area contributed by atoms with Gasteiger partial charge in [0.2, 0.25) is 0 Å². The predicted molar refractivity (Wildman–Crippen MR) is 60.8 cm³/mol. The number of halogens is 1. The quantitative estimate of drug-likeness (QED) is 0.585. The van der Waals surface area contributed by atoms with E-state index in [-0.39, 0.29) is 5.12 Å². The summed E-state index contributed by atoms with van der Waals surface area (Å²) in [6.07, 6.45) is 0. The summed E-state index contributed by atoms with van der Waals surface area (Å²) in [5, 5.41) is 0.0167. The third kappa shape index (κ3) is 4.52. The van der Waals surface area contributed by atoms with Crippen molar-refractivity contribution in [1.29, 1.82) is 0 Å². The molecule has 0 aromatic heterocycles. The average molecular weight is 223 g/mol. The maximum absolute atomic E-state index is 12.9. The molecule has 0 heterocycles. The SMILES string of the molecule is CC(=O)SCC#Cc1cc(N)cc(F)c1. The second-order valence-electron chi connectivity index (χ2n) is 2.86. The largest absolute Gasteiger partial charge is 0.399 e. The van der Waals surface area contributed by atoms with Crippen molar-refractivity contribution in [1.82, 2.24) is 0 Å². The number of carbonyl (C=O) groups is 1. The summed E-state index contributed by atoms with van der Waals surface area (Å²) in [5.41, 5.74) is 6.32. The minimum Gasteiger partial charge on any atom is -0.399 e. The third-order valence-electron chi connectivity index (χ3n) is 1.50. The first-order chi connectivity index (χ1) is 7.08. The number of rotatable bonds is 1. The van der Waals surface area contributed by atoms with Gasteiger partial charge in [0.1, 0.15) is 5.82 Å². The van der Waals surface area contributed by atoms with Gasteiger partial charge in [0, 0.05) is 18.2 Å². The van der Waals surface area contributed by atoms with Gasteiger partial charge in [-0.05, 0) is 18.2 Å². The van der Waals surface area contributed by atoms with E-state index in [1.807, 2.05) is 0 Å². The molecule has 1 aromatic rings. The number of carbonyl (C=O) groups excluding carboxylic acids is 1. The summed E-state index contributed by atoms with van der Waals surface area (Å²) in [6.45, 7) is 1.48. The Morgan fingerprint density at radius 3 is 2.87 bits per heavy atom. The maximum Gasteiger partial charge on any atom is 0.186 e. The van der Waals surface area contributed by atoms with E-state index in [0.29, 0.717) is 17.0 Å². The smallest absolute Gasteiger partial charge is 0.186 e. The van der Waals surface area contributed by atoms with Crippen LogP contribution in [-0.2, 0) is 4.79 Å². The highest BCUT2D eigenvalue weighted by atomic mass is 32.2. The van der Waals surface area contributed by atoms with Gasteiger partial charge in [-0.1, -0.05) is 23.6 Å². The molecule has 0 spiro atoms. The molecular weight excluding hydrogens is 213 g/mol. The zero-order valence-electron chi connectivity index (χ0n) is 8.21. The van der Waals surface area contributed by atoms with Crippen molar-refractivity contribution < 1.29 is 9.18 Å². The van der Waals surface area contributed by atoms with Crippen LogP contribution in [0.5, 0.6) is 0 Å². The fourth-order valence-corrected chi connectivity index (χ4v) is 1.31. The Hall–Kier alpha value is -1.47. The molecule has 0 aliphatic heterocycles. The number of hydrogen-bond donors (Lipinski definition) is 1. The molecule has 2 nitrogen and oxygen atoms in total. The van der Waals surface area contributed by atoms with Crippen molar-refractivity contribution in [3.63, 3.8) is 0 Å². The molecule has 0 atom stereocenters. The number of thioether (sulfide) groups is 1. The van der Waals surface area contributed by atoms with Crippen LogP contribution in [0.2, 0.25) is 0 Å². The Morgan fingerprint density at radius 2 is 2.27 bits per heavy atom. The Balaban J connectivity index is 2.67. The highest BCUT2D eigenvalue weighted by molar-refractivity contribution is 8.13. The van der Waals surface area contributed by atoms with Gasteiger partial charge in [0.25, 0.3) is 0 Å². The van der Waals surface area contributed by atoms with Gasteiger partial charge >= 0.3 is 0 Å². The van der Waals surface area contributed by atoms with Crippen molar-refractivity contribution in [2.24, 2.45) is 0 Å². The summed E-state index contributed by atoms with van der Waals surface area (Å²) in [5.74, 6) is 5.50. The van der Waals surface area contributed by atoms with E-state index in [2.05, 4.69) is 11.8 Å². The van der Waals surface area contributed by atoms with E-state index in [1.54, 1.807) is 6.07 Å². The molecule has 0 radical (unpaired) electrons. The summed E-state index contributed by atoms with van der Waals surface area (Å²) >= 11 is 1.12. The average Bonchev–Trinajstić information content (AvgIpc) is 2.10. The lowest BCUT2D eigenvalue weighted by atomic mass is 10.2. The van der Waals surface area contributed by atoms with Gasteiger partial charge in [-0.3, -0.25) is 4.79 Å². The van der Waals surface area contributed by atoms with Crippen molar-refractivity contribution in [2.45, 2.75) is 6.92 Å². The minimum atomic E-state index is -0.404. The van der Waals surface area contributed by atoms with Gasteiger partial charge in [-0.25, -0.2) is 4.39 Å². The number of hydrogen-bond acceptors (Lipinski definition) is 3. The Morgan fingerprint density at radius 1 is 1.53 bits per heavy atom. The van der Waals surface area contributed by atoms with Crippen molar-refractivity contribution in [3.8, 4) is 11.8 Å². The van der Waals surface area contributed by atoms with Crippen molar-refractivity contribution in [2.75, 3.05) is 11.5 Å². The minimum absolute atomic E-state index is 0.0167. The molecule has 1 rings (SSSR count). The first kappa shape index (κ1) is 11.6. The number of anilines is 1. The fraction of sp³-hybridized carbons (Fsp3) is 0.182. The predicted octanol–water partition coefficient (Wildman–Crippen LogP) is 2.04. The number of benzene rings is 1. The van der Waals surface area contributed by atoms with Gasteiger partial charge < -0.3 is 5.73 Å². The first-order valence-electron chi connectivity index (χ1n) is 4.26. The zero-order valence-corrected chi connectivity index (χ0v) is 9.03. The van der Waals surface area contributed by atoms with E-state index in [1.165, 1.54) is 19.1 Å². The summed E-state index contributed by atoms with van der Waals surface area (Å²) < 4.78 is 12.9. The van der Waals surface area contributed by atoms with Crippen LogP contribution >= 0.6 is 11.8 Å². The van der Waals surface area contributed by atoms with Crippen LogP contribution in [0.15, 0.2) is 18.2 Å². The first-order valence-corrected chi connectivity index (χ1v) is 5.25. The number of nitrogen functional groups attached to an aromatic ring is 1. The van der Waals surface area contributed by atoms with E-state index in [0.717, 1.165) is 11.8 Å². The lowest BCUT2D eigenvalue weighted by molar-refractivity contribution is -0.109. The molecule has 4 heteroatoms. The molecule has 0 saturated heterocycles. The Labute approximate surface area is 92.0 Å². The summed E-state index contributed by atoms with van der Waals surface area (Å²) in [4.78, 5) is 10.6. The molecule has 15 heavy (non-hydrogen) atoms. The van der Waals surface area contributed by atoms with E-state index in [4.69, 9.17) is 5.73 Å². The summed E-state index contributed by atoms with van der Waals surface area (Å²) in [6, 6.07) is 4.13. The van der Waals surface area contributed by atoms with Gasteiger partial charge in [0.05, 0.1) is 5.75 Å². The second-order valence-corrected chi connectivity index (χ2v) is 4.01. The molecule has 0 aliphatic rings. The van der Waals surface area contributed by atoms with E-state index >= 15 is 0 Å². The van der Waals surface area contributed by atoms with Crippen molar-refractivity contribution >= 4 is 22.6 Å². The van der Waals surface area contributed by atoms with Crippen LogP contribution in [0, 0.1) is 17.7 Å². The van der Waals surface area contributed by atoms with Gasteiger partial charge in [-0.15, -0.1) is 0 Å². The molecule has 0 bridgehead atoms. The second kappa shape index (κ2) is 5.42. The van der Waals surface area contributed by atoms with Gasteiger partial charge in [-0.2, -0.15) is 0 Å². The van der Waals surface area contributed by atoms with Crippen LogP contribution in [0.25, 0.3) is 0 Å². The normalized spacial score (nSPS) is 9.20. The molecule has 0 amide bonds. The Kier molecular flexibility index (Phi) is 4.19. The van der Waals surface area contributed by atoms with Crippen LogP contribution in [0.4, 0.5) is 10.1 Å². The van der Waals surface area contributed by atoms with Gasteiger partial charge in [0.15, 0.2) is 5.12 Å². The van der Waals surface area contributed by atoms with E-state index < -0.39 is 5.82 Å². The van der Waals surface area contributed by atoms with Crippen LogP contribution in [0.1, 0.15) is 12.5 Å². The highest BCUT2D eigenvalue weighted by Crippen LogP contribution is 2.09. The molecular formula is C11H10FNOS. The molecule has 1 aromatic carbocycles. The third-order valence-corrected chi connectivity index (χ3v) is 2.20. The molecule has 78 valence electrons. The lowest BCUT2D eigenvalue weighted by Crippen LogP contribution is -1.88. The molecule has 0 unspecified atom stereocenters. The lowest BCUT2D eigenvalue weighted by Gasteiger charge is -1.94. The maximum atomic E-state index is 12.9. The van der Waals surface area contributed by atoms with E-state index in [9.17, 15) is 9.18 Å². The van der Waals surface area contributed by atoms with Crippen molar-refractivity contribution in [3.05, 3.63) is 29.6 Å². The molecule has 0 aliphatic carbocycles.